The summed E-state index contributed by atoms with van der Waals surface area (Å²) in [6.07, 6.45) is 4.44. The van der Waals surface area contributed by atoms with Crippen LogP contribution in [-0.4, -0.2) is 5.54 Å². The van der Waals surface area contributed by atoms with Crippen LogP contribution >= 0.6 is 15.9 Å². The summed E-state index contributed by atoms with van der Waals surface area (Å²) in [4.78, 5) is 0. The van der Waals surface area contributed by atoms with Crippen LogP contribution in [0, 0.1) is 17.2 Å². The highest BCUT2D eigenvalue weighted by molar-refractivity contribution is 9.10. The SMILES string of the molecule is CC1CCCCC1(C#N)Nc1ccccc1Br. The van der Waals surface area contributed by atoms with Gasteiger partial charge in [-0.3, -0.25) is 0 Å². The van der Waals surface area contributed by atoms with Crippen molar-refractivity contribution in [1.82, 2.24) is 0 Å². The normalized spacial score (nSPS) is 28.4. The Balaban J connectivity index is 2.26. The van der Waals surface area contributed by atoms with Crippen molar-refractivity contribution in [2.45, 2.75) is 38.1 Å². The van der Waals surface area contributed by atoms with Gasteiger partial charge in [-0.15, -0.1) is 0 Å². The first-order valence-electron chi connectivity index (χ1n) is 6.12. The Morgan fingerprint density at radius 2 is 2.18 bits per heavy atom. The molecule has 1 aliphatic rings. The average molecular weight is 293 g/mol. The molecule has 0 radical (unpaired) electrons. The van der Waals surface area contributed by atoms with Gasteiger partial charge in [-0.1, -0.05) is 31.9 Å². The van der Waals surface area contributed by atoms with Gasteiger partial charge in [0.15, 0.2) is 0 Å². The van der Waals surface area contributed by atoms with E-state index in [0.717, 1.165) is 29.4 Å². The van der Waals surface area contributed by atoms with Crippen molar-refractivity contribution in [1.29, 1.82) is 5.26 Å². The predicted molar refractivity (Wildman–Crippen MR) is 73.7 cm³/mol. The maximum atomic E-state index is 9.54. The number of nitrogens with one attached hydrogen (secondary N) is 1. The average Bonchev–Trinajstić information content (AvgIpc) is 2.35. The molecule has 0 aliphatic heterocycles. The number of halogens is 1. The van der Waals surface area contributed by atoms with E-state index in [-0.39, 0.29) is 0 Å². The first-order valence-corrected chi connectivity index (χ1v) is 6.91. The Morgan fingerprint density at radius 3 is 2.82 bits per heavy atom. The van der Waals surface area contributed by atoms with E-state index in [0.29, 0.717) is 5.92 Å². The molecule has 0 aromatic heterocycles. The molecular weight excluding hydrogens is 276 g/mol. The van der Waals surface area contributed by atoms with Crippen molar-refractivity contribution in [3.63, 3.8) is 0 Å². The summed E-state index contributed by atoms with van der Waals surface area (Å²) >= 11 is 3.52. The number of anilines is 1. The molecular formula is C14H17BrN2. The van der Waals surface area contributed by atoms with Crippen LogP contribution in [0.2, 0.25) is 0 Å². The first-order chi connectivity index (χ1) is 8.18. The first kappa shape index (κ1) is 12.4. The van der Waals surface area contributed by atoms with E-state index in [9.17, 15) is 5.26 Å². The molecule has 2 nitrogen and oxygen atoms in total. The summed E-state index contributed by atoms with van der Waals surface area (Å²) in [5, 5.41) is 13.0. The third-order valence-corrected chi connectivity index (χ3v) is 4.42. The van der Waals surface area contributed by atoms with Gasteiger partial charge in [-0.25, -0.2) is 0 Å². The molecule has 17 heavy (non-hydrogen) atoms. The fourth-order valence-electron chi connectivity index (χ4n) is 2.53. The van der Waals surface area contributed by atoms with E-state index in [1.54, 1.807) is 0 Å². The van der Waals surface area contributed by atoms with Gasteiger partial charge in [0, 0.05) is 10.2 Å². The van der Waals surface area contributed by atoms with Crippen molar-refractivity contribution >= 4 is 21.6 Å². The lowest BCUT2D eigenvalue weighted by Gasteiger charge is -2.38. The van der Waals surface area contributed by atoms with E-state index in [4.69, 9.17) is 0 Å². The zero-order chi connectivity index (χ0) is 12.3. The number of para-hydroxylation sites is 1. The second kappa shape index (κ2) is 5.10. The molecule has 1 aromatic carbocycles. The van der Waals surface area contributed by atoms with Crippen LogP contribution < -0.4 is 5.32 Å². The number of nitrogens with zero attached hydrogens (tertiary/aromatic N) is 1. The minimum absolute atomic E-state index is 0.397. The summed E-state index contributed by atoms with van der Waals surface area (Å²) in [5.41, 5.74) is 0.616. The summed E-state index contributed by atoms with van der Waals surface area (Å²) in [6, 6.07) is 10.5. The number of benzene rings is 1. The van der Waals surface area contributed by atoms with E-state index >= 15 is 0 Å². The van der Waals surface area contributed by atoms with E-state index in [2.05, 4.69) is 34.2 Å². The lowest BCUT2D eigenvalue weighted by Crippen LogP contribution is -2.45. The third kappa shape index (κ3) is 2.47. The van der Waals surface area contributed by atoms with Gasteiger partial charge in [-0.2, -0.15) is 5.26 Å². The van der Waals surface area contributed by atoms with Gasteiger partial charge in [0.1, 0.15) is 5.54 Å². The fourth-order valence-corrected chi connectivity index (χ4v) is 2.91. The lowest BCUT2D eigenvalue weighted by molar-refractivity contribution is 0.286. The quantitative estimate of drug-likeness (QED) is 0.880. The standard InChI is InChI=1S/C14H17BrN2/c1-11-6-4-5-9-14(11,10-16)17-13-8-3-2-7-12(13)15/h2-3,7-8,11,17H,4-6,9H2,1H3. The van der Waals surface area contributed by atoms with Crippen molar-refractivity contribution in [2.24, 2.45) is 5.92 Å². The second-order valence-corrected chi connectivity index (χ2v) is 5.69. The molecule has 1 fully saturated rings. The van der Waals surface area contributed by atoms with Crippen LogP contribution in [0.1, 0.15) is 32.6 Å². The van der Waals surface area contributed by atoms with Gasteiger partial charge in [0.05, 0.1) is 6.07 Å². The molecule has 1 aromatic rings. The zero-order valence-electron chi connectivity index (χ0n) is 10.0. The van der Waals surface area contributed by atoms with Crippen LogP contribution in [0.4, 0.5) is 5.69 Å². The maximum Gasteiger partial charge on any atom is 0.128 e. The molecule has 0 amide bonds. The van der Waals surface area contributed by atoms with E-state index < -0.39 is 5.54 Å². The monoisotopic (exact) mass is 292 g/mol. The Hall–Kier alpha value is -1.01. The van der Waals surface area contributed by atoms with Gasteiger partial charge < -0.3 is 5.32 Å². The highest BCUT2D eigenvalue weighted by atomic mass is 79.9. The number of hydrogen-bond acceptors (Lipinski definition) is 2. The summed E-state index contributed by atoms with van der Waals surface area (Å²) in [5.74, 6) is 0.397. The largest absolute Gasteiger partial charge is 0.366 e. The molecule has 0 bridgehead atoms. The molecule has 0 saturated heterocycles. The van der Waals surface area contributed by atoms with Crippen molar-refractivity contribution in [3.05, 3.63) is 28.7 Å². The Morgan fingerprint density at radius 1 is 1.41 bits per heavy atom. The molecule has 2 unspecified atom stereocenters. The molecule has 3 heteroatoms. The second-order valence-electron chi connectivity index (χ2n) is 4.83. The predicted octanol–water partition coefficient (Wildman–Crippen LogP) is 4.33. The third-order valence-electron chi connectivity index (χ3n) is 3.73. The Bertz CT molecular complexity index is 438. The van der Waals surface area contributed by atoms with Crippen molar-refractivity contribution in [3.8, 4) is 6.07 Å². The smallest absolute Gasteiger partial charge is 0.128 e. The van der Waals surface area contributed by atoms with Gasteiger partial charge in [0.25, 0.3) is 0 Å². The molecule has 90 valence electrons. The zero-order valence-corrected chi connectivity index (χ0v) is 11.6. The van der Waals surface area contributed by atoms with Gasteiger partial charge >= 0.3 is 0 Å². The summed E-state index contributed by atoms with van der Waals surface area (Å²) < 4.78 is 1.02. The number of rotatable bonds is 2. The fraction of sp³-hybridized carbons (Fsp3) is 0.500. The Kier molecular flexibility index (Phi) is 3.73. The molecule has 1 saturated carbocycles. The van der Waals surface area contributed by atoms with Crippen LogP contribution in [0.25, 0.3) is 0 Å². The number of nitriles is 1. The lowest BCUT2D eigenvalue weighted by atomic mass is 9.74. The molecule has 2 atom stereocenters. The van der Waals surface area contributed by atoms with Crippen LogP contribution in [0.15, 0.2) is 28.7 Å². The van der Waals surface area contributed by atoms with E-state index in [1.165, 1.54) is 6.42 Å². The van der Waals surface area contributed by atoms with Gasteiger partial charge in [-0.05, 0) is 46.8 Å². The summed E-state index contributed by atoms with van der Waals surface area (Å²) in [6.45, 7) is 2.17. The summed E-state index contributed by atoms with van der Waals surface area (Å²) in [7, 11) is 0. The Labute approximate surface area is 111 Å². The van der Waals surface area contributed by atoms with Crippen molar-refractivity contribution in [2.75, 3.05) is 5.32 Å². The minimum atomic E-state index is -0.401. The molecule has 0 heterocycles. The number of hydrogen-bond donors (Lipinski definition) is 1. The van der Waals surface area contributed by atoms with Crippen LogP contribution in [0.3, 0.4) is 0 Å². The van der Waals surface area contributed by atoms with E-state index in [1.807, 2.05) is 24.3 Å². The highest BCUT2D eigenvalue weighted by Gasteiger charge is 2.38. The van der Waals surface area contributed by atoms with Crippen LogP contribution in [0.5, 0.6) is 0 Å². The van der Waals surface area contributed by atoms with Crippen LogP contribution in [-0.2, 0) is 0 Å². The molecule has 2 rings (SSSR count). The molecule has 1 aliphatic carbocycles. The van der Waals surface area contributed by atoms with Crippen molar-refractivity contribution < 1.29 is 0 Å². The topological polar surface area (TPSA) is 35.8 Å². The molecule has 0 spiro atoms. The molecule has 1 N–H and O–H groups in total. The highest BCUT2D eigenvalue weighted by Crippen LogP contribution is 2.37. The van der Waals surface area contributed by atoms with Gasteiger partial charge in [0.2, 0.25) is 0 Å². The minimum Gasteiger partial charge on any atom is -0.366 e. The maximum absolute atomic E-state index is 9.54.